The Balaban J connectivity index is 2.32. The Hall–Kier alpha value is -0.410. The highest BCUT2D eigenvalue weighted by Crippen LogP contribution is 2.37. The van der Waals surface area contributed by atoms with Crippen LogP contribution in [0.5, 0.6) is 0 Å². The molecule has 3 heteroatoms. The number of halogens is 1. The molecule has 0 amide bonds. The smallest absolute Gasteiger partial charge is 0.106 e. The SMILES string of the molecule is NCC1(c2cccc(Br)n2)CCCCC1. The Bertz CT molecular complexity index is 332. The molecule has 0 unspecified atom stereocenters. The van der Waals surface area contributed by atoms with E-state index in [1.165, 1.54) is 37.8 Å². The first-order valence-corrected chi connectivity index (χ1v) is 6.39. The van der Waals surface area contributed by atoms with Gasteiger partial charge in [0.15, 0.2) is 0 Å². The Morgan fingerprint density at radius 3 is 2.60 bits per heavy atom. The van der Waals surface area contributed by atoms with Crippen molar-refractivity contribution in [1.29, 1.82) is 0 Å². The second-order valence-electron chi connectivity index (χ2n) is 4.39. The molecule has 0 bridgehead atoms. The van der Waals surface area contributed by atoms with Crippen molar-refractivity contribution in [3.8, 4) is 0 Å². The third-order valence-corrected chi connectivity index (χ3v) is 3.90. The maximum atomic E-state index is 5.97. The summed E-state index contributed by atoms with van der Waals surface area (Å²) in [5, 5.41) is 0. The summed E-state index contributed by atoms with van der Waals surface area (Å²) < 4.78 is 0.915. The van der Waals surface area contributed by atoms with Crippen molar-refractivity contribution in [3.05, 3.63) is 28.5 Å². The average Bonchev–Trinajstić information content (AvgIpc) is 2.30. The molecular weight excluding hydrogens is 252 g/mol. The zero-order chi connectivity index (χ0) is 10.7. The van der Waals surface area contributed by atoms with Crippen LogP contribution in [0.3, 0.4) is 0 Å². The molecule has 1 aromatic heterocycles. The molecule has 0 aliphatic heterocycles. The summed E-state index contributed by atoms with van der Waals surface area (Å²) in [4.78, 5) is 4.58. The Kier molecular flexibility index (Phi) is 3.42. The van der Waals surface area contributed by atoms with Crippen molar-refractivity contribution < 1.29 is 0 Å². The molecule has 0 spiro atoms. The standard InChI is InChI=1S/C12H17BrN2/c13-11-6-4-5-10(15-11)12(9-14)7-2-1-3-8-12/h4-6H,1-3,7-9,14H2. The van der Waals surface area contributed by atoms with Crippen molar-refractivity contribution in [2.75, 3.05) is 6.54 Å². The summed E-state index contributed by atoms with van der Waals surface area (Å²) in [5.74, 6) is 0. The van der Waals surface area contributed by atoms with E-state index >= 15 is 0 Å². The number of nitrogens with zero attached hydrogens (tertiary/aromatic N) is 1. The fourth-order valence-corrected chi connectivity index (χ4v) is 2.84. The third-order valence-electron chi connectivity index (χ3n) is 3.46. The molecule has 0 atom stereocenters. The maximum absolute atomic E-state index is 5.97. The first-order valence-electron chi connectivity index (χ1n) is 5.60. The number of aromatic nitrogens is 1. The fraction of sp³-hybridized carbons (Fsp3) is 0.583. The molecule has 1 heterocycles. The lowest BCUT2D eigenvalue weighted by molar-refractivity contribution is 0.293. The molecule has 1 aliphatic rings. The van der Waals surface area contributed by atoms with Crippen LogP contribution in [0.25, 0.3) is 0 Å². The molecule has 2 N–H and O–H groups in total. The van der Waals surface area contributed by atoms with Crippen LogP contribution in [0.2, 0.25) is 0 Å². The van der Waals surface area contributed by atoms with Gasteiger partial charge in [-0.2, -0.15) is 0 Å². The monoisotopic (exact) mass is 268 g/mol. The minimum Gasteiger partial charge on any atom is -0.330 e. The number of hydrogen-bond acceptors (Lipinski definition) is 2. The first-order chi connectivity index (χ1) is 7.27. The van der Waals surface area contributed by atoms with E-state index in [1.54, 1.807) is 0 Å². The van der Waals surface area contributed by atoms with Gasteiger partial charge in [0.1, 0.15) is 4.60 Å². The van der Waals surface area contributed by atoms with Crippen LogP contribution in [-0.4, -0.2) is 11.5 Å². The van der Waals surface area contributed by atoms with E-state index < -0.39 is 0 Å². The summed E-state index contributed by atoms with van der Waals surface area (Å²) in [6, 6.07) is 6.14. The van der Waals surface area contributed by atoms with Gasteiger partial charge in [-0.15, -0.1) is 0 Å². The third kappa shape index (κ3) is 2.23. The van der Waals surface area contributed by atoms with Gasteiger partial charge in [0, 0.05) is 17.7 Å². The number of rotatable bonds is 2. The summed E-state index contributed by atoms with van der Waals surface area (Å²) in [6.45, 7) is 0.719. The summed E-state index contributed by atoms with van der Waals surface area (Å²) in [5.41, 5.74) is 7.27. The van der Waals surface area contributed by atoms with Gasteiger partial charge < -0.3 is 5.73 Å². The van der Waals surface area contributed by atoms with Gasteiger partial charge in [0.25, 0.3) is 0 Å². The summed E-state index contributed by atoms with van der Waals surface area (Å²) in [6.07, 6.45) is 6.28. The Morgan fingerprint density at radius 2 is 2.00 bits per heavy atom. The molecule has 2 nitrogen and oxygen atoms in total. The Morgan fingerprint density at radius 1 is 1.27 bits per heavy atom. The highest BCUT2D eigenvalue weighted by molar-refractivity contribution is 9.10. The van der Waals surface area contributed by atoms with E-state index in [9.17, 15) is 0 Å². The molecule has 15 heavy (non-hydrogen) atoms. The molecule has 2 rings (SSSR count). The van der Waals surface area contributed by atoms with Crippen LogP contribution in [0, 0.1) is 0 Å². The van der Waals surface area contributed by atoms with Crippen LogP contribution in [0.4, 0.5) is 0 Å². The quantitative estimate of drug-likeness (QED) is 0.838. The molecule has 0 aromatic carbocycles. The lowest BCUT2D eigenvalue weighted by Gasteiger charge is -2.35. The van der Waals surface area contributed by atoms with E-state index in [1.807, 2.05) is 6.07 Å². The lowest BCUT2D eigenvalue weighted by Crippen LogP contribution is -2.37. The van der Waals surface area contributed by atoms with Crippen molar-refractivity contribution in [1.82, 2.24) is 4.98 Å². The lowest BCUT2D eigenvalue weighted by atomic mass is 9.71. The molecule has 82 valence electrons. The molecule has 1 fully saturated rings. The van der Waals surface area contributed by atoms with Crippen LogP contribution >= 0.6 is 15.9 Å². The number of hydrogen-bond donors (Lipinski definition) is 1. The predicted molar refractivity (Wildman–Crippen MR) is 65.8 cm³/mol. The van der Waals surface area contributed by atoms with Gasteiger partial charge in [0.2, 0.25) is 0 Å². The maximum Gasteiger partial charge on any atom is 0.106 e. The minimum absolute atomic E-state index is 0.141. The molecule has 1 saturated carbocycles. The molecule has 0 saturated heterocycles. The second-order valence-corrected chi connectivity index (χ2v) is 5.20. The van der Waals surface area contributed by atoms with Crippen LogP contribution in [0.15, 0.2) is 22.8 Å². The van der Waals surface area contributed by atoms with E-state index in [0.717, 1.165) is 11.1 Å². The topological polar surface area (TPSA) is 38.9 Å². The second kappa shape index (κ2) is 4.62. The molecule has 1 aromatic rings. The van der Waals surface area contributed by atoms with E-state index in [4.69, 9.17) is 5.73 Å². The fourth-order valence-electron chi connectivity index (χ4n) is 2.50. The number of pyridine rings is 1. The molecule has 1 aliphatic carbocycles. The number of nitrogens with two attached hydrogens (primary N) is 1. The van der Waals surface area contributed by atoms with Gasteiger partial charge >= 0.3 is 0 Å². The van der Waals surface area contributed by atoms with Gasteiger partial charge in [0.05, 0.1) is 0 Å². The van der Waals surface area contributed by atoms with Crippen molar-refractivity contribution in [3.63, 3.8) is 0 Å². The van der Waals surface area contributed by atoms with E-state index in [0.29, 0.717) is 0 Å². The van der Waals surface area contributed by atoms with Crippen LogP contribution < -0.4 is 5.73 Å². The summed E-state index contributed by atoms with van der Waals surface area (Å²) in [7, 11) is 0. The zero-order valence-corrected chi connectivity index (χ0v) is 10.5. The predicted octanol–water partition coefficient (Wildman–Crippen LogP) is 3.00. The van der Waals surface area contributed by atoms with Gasteiger partial charge in [-0.1, -0.05) is 25.3 Å². The van der Waals surface area contributed by atoms with Crippen LogP contribution in [0.1, 0.15) is 37.8 Å². The van der Waals surface area contributed by atoms with E-state index in [2.05, 4.69) is 33.0 Å². The highest BCUT2D eigenvalue weighted by atomic mass is 79.9. The zero-order valence-electron chi connectivity index (χ0n) is 8.88. The average molecular weight is 269 g/mol. The van der Waals surface area contributed by atoms with Crippen molar-refractivity contribution in [2.24, 2.45) is 5.73 Å². The normalized spacial score (nSPS) is 20.1. The van der Waals surface area contributed by atoms with Crippen molar-refractivity contribution in [2.45, 2.75) is 37.5 Å². The molecule has 0 radical (unpaired) electrons. The van der Waals surface area contributed by atoms with Crippen molar-refractivity contribution >= 4 is 15.9 Å². The van der Waals surface area contributed by atoms with Gasteiger partial charge in [-0.05, 0) is 40.9 Å². The van der Waals surface area contributed by atoms with E-state index in [-0.39, 0.29) is 5.41 Å². The first kappa shape index (κ1) is 11.1. The Labute approximate surface area is 99.4 Å². The highest BCUT2D eigenvalue weighted by Gasteiger charge is 2.33. The van der Waals surface area contributed by atoms with Gasteiger partial charge in [-0.25, -0.2) is 4.98 Å². The minimum atomic E-state index is 0.141. The molecular formula is C12H17BrN2. The van der Waals surface area contributed by atoms with Gasteiger partial charge in [-0.3, -0.25) is 0 Å². The van der Waals surface area contributed by atoms with Crippen LogP contribution in [-0.2, 0) is 5.41 Å². The largest absolute Gasteiger partial charge is 0.330 e. The summed E-state index contributed by atoms with van der Waals surface area (Å²) >= 11 is 3.43.